The molecule has 3 rings (SSSR count). The largest absolute Gasteiger partial charge is 0.493 e. The van der Waals surface area contributed by atoms with Crippen molar-refractivity contribution in [2.75, 3.05) is 13.9 Å². The van der Waals surface area contributed by atoms with Crippen molar-refractivity contribution >= 4 is 12.4 Å². The summed E-state index contributed by atoms with van der Waals surface area (Å²) >= 11 is 0. The molecule has 0 aromatic heterocycles. The van der Waals surface area contributed by atoms with Gasteiger partial charge in [0.25, 0.3) is 0 Å². The van der Waals surface area contributed by atoms with E-state index in [0.29, 0.717) is 23.2 Å². The van der Waals surface area contributed by atoms with E-state index in [-0.39, 0.29) is 19.2 Å². The minimum atomic E-state index is -0.505. The molecule has 2 aliphatic rings. The summed E-state index contributed by atoms with van der Waals surface area (Å²) < 4.78 is 15.9. The van der Waals surface area contributed by atoms with Gasteiger partial charge in [-0.1, -0.05) is 0 Å². The van der Waals surface area contributed by atoms with E-state index in [1.165, 1.54) is 0 Å². The van der Waals surface area contributed by atoms with Crippen LogP contribution >= 0.6 is 12.4 Å². The average molecular weight is 288 g/mol. The van der Waals surface area contributed by atoms with Gasteiger partial charge in [-0.2, -0.15) is 0 Å². The Kier molecular flexibility index (Phi) is 4.08. The van der Waals surface area contributed by atoms with Gasteiger partial charge in [0.1, 0.15) is 0 Å². The lowest BCUT2D eigenvalue weighted by atomic mass is 9.98. The highest BCUT2D eigenvalue weighted by atomic mass is 35.5. The SMILES string of the molecule is COc1cc([C@H](N)[C@H](O)C2CC2)cc2c1OCO2.Cl. The van der Waals surface area contributed by atoms with Gasteiger partial charge in [-0.3, -0.25) is 0 Å². The number of hydrogen-bond donors (Lipinski definition) is 2. The summed E-state index contributed by atoms with van der Waals surface area (Å²) in [6.45, 7) is 0.190. The number of halogens is 1. The zero-order valence-corrected chi connectivity index (χ0v) is 11.5. The molecule has 0 spiro atoms. The second-order valence-electron chi connectivity index (χ2n) is 4.81. The fourth-order valence-electron chi connectivity index (χ4n) is 2.27. The molecule has 0 amide bonds. The fraction of sp³-hybridized carbons (Fsp3) is 0.538. The van der Waals surface area contributed by atoms with Gasteiger partial charge in [-0.15, -0.1) is 12.4 Å². The molecule has 0 unspecified atom stereocenters. The van der Waals surface area contributed by atoms with E-state index < -0.39 is 12.1 Å². The number of benzene rings is 1. The minimum Gasteiger partial charge on any atom is -0.493 e. The zero-order valence-electron chi connectivity index (χ0n) is 10.7. The molecule has 106 valence electrons. The van der Waals surface area contributed by atoms with Crippen molar-refractivity contribution in [3.8, 4) is 17.2 Å². The molecule has 2 atom stereocenters. The van der Waals surface area contributed by atoms with Crippen LogP contribution in [0, 0.1) is 5.92 Å². The Morgan fingerprint density at radius 2 is 2.11 bits per heavy atom. The molecule has 1 aromatic carbocycles. The number of fused-ring (bicyclic) bond motifs is 1. The Bertz CT molecular complexity index is 464. The van der Waals surface area contributed by atoms with Gasteiger partial charge in [-0.05, 0) is 36.5 Å². The molecule has 3 N–H and O–H groups in total. The van der Waals surface area contributed by atoms with E-state index in [1.807, 2.05) is 12.1 Å². The van der Waals surface area contributed by atoms with Crippen molar-refractivity contribution in [3.05, 3.63) is 17.7 Å². The highest BCUT2D eigenvalue weighted by Crippen LogP contribution is 2.44. The molecule has 1 aliphatic carbocycles. The third-order valence-electron chi connectivity index (χ3n) is 3.54. The second kappa shape index (κ2) is 5.45. The molecular weight excluding hydrogens is 270 g/mol. The van der Waals surface area contributed by atoms with E-state index in [4.69, 9.17) is 19.9 Å². The lowest BCUT2D eigenvalue weighted by Crippen LogP contribution is -2.27. The minimum absolute atomic E-state index is 0. The van der Waals surface area contributed by atoms with E-state index in [1.54, 1.807) is 7.11 Å². The summed E-state index contributed by atoms with van der Waals surface area (Å²) in [5.74, 6) is 2.16. The van der Waals surface area contributed by atoms with Gasteiger partial charge in [0.05, 0.1) is 19.3 Å². The molecule has 1 saturated carbocycles. The number of aliphatic hydroxyl groups is 1. The lowest BCUT2D eigenvalue weighted by Gasteiger charge is -2.19. The molecule has 1 aromatic rings. The molecule has 6 heteroatoms. The van der Waals surface area contributed by atoms with Gasteiger partial charge in [0.15, 0.2) is 11.5 Å². The monoisotopic (exact) mass is 287 g/mol. The Morgan fingerprint density at radius 3 is 2.74 bits per heavy atom. The summed E-state index contributed by atoms with van der Waals surface area (Å²) in [5.41, 5.74) is 6.91. The third kappa shape index (κ3) is 2.59. The predicted molar refractivity (Wildman–Crippen MR) is 72.0 cm³/mol. The molecule has 1 aliphatic heterocycles. The van der Waals surface area contributed by atoms with Crippen molar-refractivity contribution in [2.24, 2.45) is 11.7 Å². The van der Waals surface area contributed by atoms with E-state index in [0.717, 1.165) is 18.4 Å². The average Bonchev–Trinajstić information content (AvgIpc) is 3.13. The summed E-state index contributed by atoms with van der Waals surface area (Å²) in [7, 11) is 1.57. The van der Waals surface area contributed by atoms with Crippen LogP contribution in [0.15, 0.2) is 12.1 Å². The normalized spacial score (nSPS) is 19.5. The zero-order chi connectivity index (χ0) is 12.7. The first-order chi connectivity index (χ1) is 8.70. The molecule has 1 heterocycles. The molecule has 0 radical (unpaired) electrons. The van der Waals surface area contributed by atoms with E-state index in [9.17, 15) is 5.11 Å². The van der Waals surface area contributed by atoms with Gasteiger partial charge >= 0.3 is 0 Å². The standard InChI is InChI=1S/C13H17NO4.ClH/c1-16-9-4-8(5-10-13(9)18-6-17-10)11(14)12(15)7-2-3-7;/h4-5,7,11-12,15H,2-3,6,14H2,1H3;1H/t11-,12+;/m0./s1. The Balaban J connectivity index is 0.00000133. The quantitative estimate of drug-likeness (QED) is 0.880. The molecule has 0 bridgehead atoms. The Hall–Kier alpha value is -1.17. The number of methoxy groups -OCH3 is 1. The predicted octanol–water partition coefficient (Wildman–Crippen LogP) is 1.62. The first-order valence-corrected chi connectivity index (χ1v) is 6.12. The highest BCUT2D eigenvalue weighted by molar-refractivity contribution is 5.85. The van der Waals surface area contributed by atoms with Gasteiger partial charge in [0.2, 0.25) is 12.5 Å². The summed E-state index contributed by atoms with van der Waals surface area (Å²) in [5, 5.41) is 10.1. The lowest BCUT2D eigenvalue weighted by molar-refractivity contribution is 0.122. The summed E-state index contributed by atoms with van der Waals surface area (Å²) in [6, 6.07) is 3.21. The van der Waals surface area contributed by atoms with Crippen LogP contribution in [0.25, 0.3) is 0 Å². The van der Waals surface area contributed by atoms with Crippen molar-refractivity contribution in [2.45, 2.75) is 25.0 Å². The number of ether oxygens (including phenoxy) is 3. The van der Waals surface area contributed by atoms with Crippen molar-refractivity contribution in [1.82, 2.24) is 0 Å². The van der Waals surface area contributed by atoms with Crippen LogP contribution in [0.4, 0.5) is 0 Å². The van der Waals surface area contributed by atoms with Gasteiger partial charge < -0.3 is 25.1 Å². The van der Waals surface area contributed by atoms with Crippen LogP contribution in [-0.2, 0) is 0 Å². The van der Waals surface area contributed by atoms with Crippen LogP contribution in [0.5, 0.6) is 17.2 Å². The number of aliphatic hydroxyl groups excluding tert-OH is 1. The first kappa shape index (κ1) is 14.2. The summed E-state index contributed by atoms with van der Waals surface area (Å²) in [4.78, 5) is 0. The third-order valence-corrected chi connectivity index (χ3v) is 3.54. The molecule has 1 fully saturated rings. The highest BCUT2D eigenvalue weighted by Gasteiger charge is 2.35. The number of nitrogens with two attached hydrogens (primary N) is 1. The summed E-state index contributed by atoms with van der Waals surface area (Å²) in [6.07, 6.45) is 1.60. The first-order valence-electron chi connectivity index (χ1n) is 6.12. The van der Waals surface area contributed by atoms with E-state index in [2.05, 4.69) is 0 Å². The molecule has 19 heavy (non-hydrogen) atoms. The number of rotatable bonds is 4. The van der Waals surface area contributed by atoms with Crippen LogP contribution in [0.1, 0.15) is 24.4 Å². The van der Waals surface area contributed by atoms with Crippen molar-refractivity contribution < 1.29 is 19.3 Å². The Labute approximate surface area is 118 Å². The topological polar surface area (TPSA) is 73.9 Å². The maximum Gasteiger partial charge on any atom is 0.231 e. The number of hydrogen-bond acceptors (Lipinski definition) is 5. The van der Waals surface area contributed by atoms with Gasteiger partial charge in [0, 0.05) is 0 Å². The second-order valence-corrected chi connectivity index (χ2v) is 4.81. The smallest absolute Gasteiger partial charge is 0.231 e. The molecular formula is C13H18ClNO4. The maximum atomic E-state index is 10.1. The Morgan fingerprint density at radius 1 is 1.37 bits per heavy atom. The fourth-order valence-corrected chi connectivity index (χ4v) is 2.27. The van der Waals surface area contributed by atoms with Crippen LogP contribution in [0.2, 0.25) is 0 Å². The van der Waals surface area contributed by atoms with Crippen molar-refractivity contribution in [3.63, 3.8) is 0 Å². The van der Waals surface area contributed by atoms with E-state index >= 15 is 0 Å². The van der Waals surface area contributed by atoms with Crippen molar-refractivity contribution in [1.29, 1.82) is 0 Å². The van der Waals surface area contributed by atoms with Crippen LogP contribution < -0.4 is 19.9 Å². The maximum absolute atomic E-state index is 10.1. The van der Waals surface area contributed by atoms with Crippen LogP contribution in [0.3, 0.4) is 0 Å². The molecule has 5 nitrogen and oxygen atoms in total. The molecule has 0 saturated heterocycles. The van der Waals surface area contributed by atoms with Crippen LogP contribution in [-0.4, -0.2) is 25.1 Å². The van der Waals surface area contributed by atoms with Gasteiger partial charge in [-0.25, -0.2) is 0 Å².